The summed E-state index contributed by atoms with van der Waals surface area (Å²) in [5.74, 6) is -0.654. The van der Waals surface area contributed by atoms with Crippen LogP contribution in [0.4, 0.5) is 4.39 Å². The van der Waals surface area contributed by atoms with E-state index in [0.29, 0.717) is 30.4 Å². The Labute approximate surface area is 142 Å². The number of benzene rings is 2. The van der Waals surface area contributed by atoms with Crippen LogP contribution in [0, 0.1) is 5.82 Å². The van der Waals surface area contributed by atoms with Crippen molar-refractivity contribution in [1.29, 1.82) is 0 Å². The third kappa shape index (κ3) is 3.12. The highest BCUT2D eigenvalue weighted by atomic mass is 19.1. The maximum Gasteiger partial charge on any atom is 0.334 e. The molecule has 0 fully saturated rings. The average molecular weight is 324 g/mol. The van der Waals surface area contributed by atoms with Gasteiger partial charge in [0.15, 0.2) is 0 Å². The lowest BCUT2D eigenvalue weighted by atomic mass is 9.75. The lowest BCUT2D eigenvalue weighted by Gasteiger charge is -2.39. The predicted octanol–water partition coefficient (Wildman–Crippen LogP) is 4.72. The van der Waals surface area contributed by atoms with Gasteiger partial charge >= 0.3 is 5.97 Å². The largest absolute Gasteiger partial charge is 0.450 e. The molecule has 0 heterocycles. The zero-order valence-corrected chi connectivity index (χ0v) is 13.8. The third-order valence-electron chi connectivity index (χ3n) is 4.59. The molecule has 3 heteroatoms. The van der Waals surface area contributed by atoms with Crippen molar-refractivity contribution in [3.8, 4) is 0 Å². The second-order valence-corrected chi connectivity index (χ2v) is 6.45. The average Bonchev–Trinajstić information content (AvgIpc) is 2.57. The molecule has 0 spiro atoms. The molecule has 0 amide bonds. The first-order chi connectivity index (χ1) is 11.5. The Bertz CT molecular complexity index is 767. The molecule has 3 rings (SSSR count). The molecule has 2 aromatic carbocycles. The van der Waals surface area contributed by atoms with Crippen molar-refractivity contribution in [2.45, 2.75) is 38.2 Å². The minimum Gasteiger partial charge on any atom is -0.450 e. The van der Waals surface area contributed by atoms with Gasteiger partial charge in [0.25, 0.3) is 0 Å². The Hall–Kier alpha value is -2.42. The Morgan fingerprint density at radius 2 is 1.96 bits per heavy atom. The summed E-state index contributed by atoms with van der Waals surface area (Å²) in [5.41, 5.74) is 2.02. The molecule has 1 aliphatic rings. The Balaban J connectivity index is 2.08. The molecule has 124 valence electrons. The molecule has 0 radical (unpaired) electrons. The van der Waals surface area contributed by atoms with E-state index in [1.807, 2.05) is 36.4 Å². The van der Waals surface area contributed by atoms with E-state index >= 15 is 0 Å². The van der Waals surface area contributed by atoms with E-state index in [2.05, 4.69) is 6.58 Å². The fourth-order valence-corrected chi connectivity index (χ4v) is 3.44. The zero-order chi connectivity index (χ0) is 17.2. The molecule has 0 aliphatic heterocycles. The molecule has 0 saturated carbocycles. The first-order valence-corrected chi connectivity index (χ1v) is 8.22. The second-order valence-electron chi connectivity index (χ2n) is 6.45. The number of rotatable bonds is 4. The first-order valence-electron chi connectivity index (χ1n) is 8.22. The summed E-state index contributed by atoms with van der Waals surface area (Å²) in [5, 5.41) is 0. The molecule has 1 atom stereocenters. The standard InChI is InChI=1S/C21H21FO2/c1-15(2)20(23)24-21(14-16-8-4-3-5-9-16)13-7-10-17-18(21)11-6-12-19(17)22/h3-6,8-9,11-12H,1,7,10,13-14H2,2H3. The van der Waals surface area contributed by atoms with E-state index in [-0.39, 0.29) is 5.82 Å². The van der Waals surface area contributed by atoms with Gasteiger partial charge in [-0.15, -0.1) is 0 Å². The number of carbonyl (C=O) groups excluding carboxylic acids is 1. The van der Waals surface area contributed by atoms with E-state index in [4.69, 9.17) is 4.74 Å². The monoisotopic (exact) mass is 324 g/mol. The van der Waals surface area contributed by atoms with Crippen LogP contribution in [0.1, 0.15) is 36.5 Å². The molecule has 24 heavy (non-hydrogen) atoms. The van der Waals surface area contributed by atoms with E-state index in [0.717, 1.165) is 17.5 Å². The van der Waals surface area contributed by atoms with Crippen LogP contribution in [-0.2, 0) is 28.0 Å². The normalized spacial score (nSPS) is 19.4. The van der Waals surface area contributed by atoms with Gasteiger partial charge in [-0.2, -0.15) is 0 Å². The van der Waals surface area contributed by atoms with Crippen molar-refractivity contribution >= 4 is 5.97 Å². The van der Waals surface area contributed by atoms with Crippen molar-refractivity contribution in [2.24, 2.45) is 0 Å². The highest BCUT2D eigenvalue weighted by Crippen LogP contribution is 2.42. The fourth-order valence-electron chi connectivity index (χ4n) is 3.44. The molecule has 0 saturated heterocycles. The predicted molar refractivity (Wildman–Crippen MR) is 92.1 cm³/mol. The molecule has 1 unspecified atom stereocenters. The van der Waals surface area contributed by atoms with Crippen molar-refractivity contribution in [3.05, 3.63) is 83.2 Å². The summed E-state index contributed by atoms with van der Waals surface area (Å²) in [4.78, 5) is 12.3. The molecular formula is C21H21FO2. The van der Waals surface area contributed by atoms with E-state index in [1.54, 1.807) is 13.0 Å². The van der Waals surface area contributed by atoms with Crippen LogP contribution in [0.15, 0.2) is 60.7 Å². The quantitative estimate of drug-likeness (QED) is 0.601. The maximum atomic E-state index is 14.3. The molecule has 0 aromatic heterocycles. The van der Waals surface area contributed by atoms with Gasteiger partial charge in [0.1, 0.15) is 11.4 Å². The summed E-state index contributed by atoms with van der Waals surface area (Å²) in [7, 11) is 0. The van der Waals surface area contributed by atoms with Crippen LogP contribution < -0.4 is 0 Å². The van der Waals surface area contributed by atoms with E-state index in [9.17, 15) is 9.18 Å². The molecular weight excluding hydrogens is 303 g/mol. The highest BCUT2D eigenvalue weighted by molar-refractivity contribution is 5.87. The summed E-state index contributed by atoms with van der Waals surface area (Å²) < 4.78 is 20.2. The number of fused-ring (bicyclic) bond motifs is 1. The van der Waals surface area contributed by atoms with Gasteiger partial charge in [0, 0.05) is 17.6 Å². The number of hydrogen-bond donors (Lipinski definition) is 0. The topological polar surface area (TPSA) is 26.3 Å². The van der Waals surface area contributed by atoms with Gasteiger partial charge in [0.2, 0.25) is 0 Å². The van der Waals surface area contributed by atoms with Gasteiger partial charge in [-0.25, -0.2) is 9.18 Å². The molecule has 1 aliphatic carbocycles. The molecule has 0 bridgehead atoms. The number of halogens is 1. The van der Waals surface area contributed by atoms with Crippen LogP contribution in [-0.4, -0.2) is 5.97 Å². The summed E-state index contributed by atoms with van der Waals surface area (Å²) in [6.07, 6.45) is 2.66. The lowest BCUT2D eigenvalue weighted by Crippen LogP contribution is -2.39. The summed E-state index contributed by atoms with van der Waals surface area (Å²) >= 11 is 0. The first kappa shape index (κ1) is 16.4. The van der Waals surface area contributed by atoms with Gasteiger partial charge < -0.3 is 4.74 Å². The Morgan fingerprint density at radius 1 is 1.21 bits per heavy atom. The van der Waals surface area contributed by atoms with Gasteiger partial charge in [-0.3, -0.25) is 0 Å². The van der Waals surface area contributed by atoms with Crippen LogP contribution in [0.2, 0.25) is 0 Å². The number of carbonyl (C=O) groups is 1. The van der Waals surface area contributed by atoms with Crippen molar-refractivity contribution in [1.82, 2.24) is 0 Å². The smallest absolute Gasteiger partial charge is 0.334 e. The Kier molecular flexibility index (Phi) is 4.52. The van der Waals surface area contributed by atoms with Gasteiger partial charge in [-0.1, -0.05) is 49.0 Å². The molecule has 2 nitrogen and oxygen atoms in total. The molecule has 2 aromatic rings. The summed E-state index contributed by atoms with van der Waals surface area (Å²) in [6, 6.07) is 14.9. The van der Waals surface area contributed by atoms with E-state index in [1.165, 1.54) is 6.07 Å². The summed E-state index contributed by atoms with van der Waals surface area (Å²) in [6.45, 7) is 5.32. The highest BCUT2D eigenvalue weighted by Gasteiger charge is 2.41. The van der Waals surface area contributed by atoms with Crippen LogP contribution in [0.25, 0.3) is 0 Å². The molecule has 0 N–H and O–H groups in total. The van der Waals surface area contributed by atoms with Gasteiger partial charge in [-0.05, 0) is 43.4 Å². The van der Waals surface area contributed by atoms with Crippen LogP contribution in [0.5, 0.6) is 0 Å². The number of ether oxygens (including phenoxy) is 1. The van der Waals surface area contributed by atoms with Crippen LogP contribution >= 0.6 is 0 Å². The SMILES string of the molecule is C=C(C)C(=O)OC1(Cc2ccccc2)CCCc2c(F)cccc21. The van der Waals surface area contributed by atoms with Crippen molar-refractivity contribution in [3.63, 3.8) is 0 Å². The Morgan fingerprint density at radius 3 is 2.67 bits per heavy atom. The second kappa shape index (κ2) is 6.60. The minimum atomic E-state index is -0.840. The lowest BCUT2D eigenvalue weighted by molar-refractivity contribution is -0.158. The fraction of sp³-hybridized carbons (Fsp3) is 0.286. The zero-order valence-electron chi connectivity index (χ0n) is 13.8. The third-order valence-corrected chi connectivity index (χ3v) is 4.59. The number of esters is 1. The van der Waals surface area contributed by atoms with Crippen molar-refractivity contribution < 1.29 is 13.9 Å². The maximum absolute atomic E-state index is 14.3. The number of hydrogen-bond acceptors (Lipinski definition) is 2. The van der Waals surface area contributed by atoms with E-state index < -0.39 is 11.6 Å². The van der Waals surface area contributed by atoms with Crippen LogP contribution in [0.3, 0.4) is 0 Å². The van der Waals surface area contributed by atoms with Gasteiger partial charge in [0.05, 0.1) is 0 Å². The van der Waals surface area contributed by atoms with Crippen molar-refractivity contribution in [2.75, 3.05) is 0 Å². The minimum absolute atomic E-state index is 0.226.